The van der Waals surface area contributed by atoms with E-state index in [1.807, 2.05) is 39.0 Å². The molecule has 1 amide bonds. The van der Waals surface area contributed by atoms with Gasteiger partial charge in [0, 0.05) is 31.9 Å². The predicted molar refractivity (Wildman–Crippen MR) is 110 cm³/mol. The molecule has 7 nitrogen and oxygen atoms in total. The molecule has 2 aromatic rings. The van der Waals surface area contributed by atoms with Gasteiger partial charge in [-0.05, 0) is 24.8 Å². The number of carbonyl (C=O) groups is 1. The Balaban J connectivity index is 2.26. The SMILES string of the molecule is CN(C)S(=O)(=O)n1ccnc1C(CCCc1ccccc1)NC(=O)C(C)(C)C. The smallest absolute Gasteiger partial charge is 0.308 e. The molecule has 8 heteroatoms. The van der Waals surface area contributed by atoms with Crippen LogP contribution in [0.1, 0.15) is 51.0 Å². The van der Waals surface area contributed by atoms with E-state index in [1.165, 1.54) is 32.1 Å². The second-order valence-electron chi connectivity index (χ2n) is 8.03. The van der Waals surface area contributed by atoms with Crippen LogP contribution in [0.4, 0.5) is 0 Å². The Morgan fingerprint density at radius 3 is 2.43 bits per heavy atom. The van der Waals surface area contributed by atoms with Crippen molar-refractivity contribution in [2.24, 2.45) is 5.41 Å². The van der Waals surface area contributed by atoms with Gasteiger partial charge >= 0.3 is 10.2 Å². The highest BCUT2D eigenvalue weighted by Crippen LogP contribution is 2.23. The number of nitrogens with zero attached hydrogens (tertiary/aromatic N) is 3. The monoisotopic (exact) mass is 406 g/mol. The van der Waals surface area contributed by atoms with E-state index in [2.05, 4.69) is 22.4 Å². The minimum atomic E-state index is -3.72. The first-order valence-corrected chi connectivity index (χ1v) is 10.7. The fraction of sp³-hybridized carbons (Fsp3) is 0.500. The van der Waals surface area contributed by atoms with E-state index in [0.717, 1.165) is 21.1 Å². The average molecular weight is 407 g/mol. The lowest BCUT2D eigenvalue weighted by Gasteiger charge is -2.25. The highest BCUT2D eigenvalue weighted by atomic mass is 32.2. The van der Waals surface area contributed by atoms with Crippen LogP contribution < -0.4 is 5.32 Å². The van der Waals surface area contributed by atoms with Crippen LogP contribution in [0.5, 0.6) is 0 Å². The standard InChI is InChI=1S/C20H30N4O3S/c1-20(2,3)19(25)22-17(13-9-12-16-10-7-6-8-11-16)18-21-14-15-24(18)28(26,27)23(4)5/h6-8,10-11,14-15,17H,9,12-13H2,1-5H3,(H,22,25). The fourth-order valence-electron chi connectivity index (χ4n) is 2.71. The Kier molecular flexibility index (Phi) is 7.01. The minimum absolute atomic E-state index is 0.144. The third-order valence-electron chi connectivity index (χ3n) is 4.44. The van der Waals surface area contributed by atoms with Crippen molar-refractivity contribution in [3.05, 3.63) is 54.1 Å². The van der Waals surface area contributed by atoms with Gasteiger partial charge in [-0.2, -0.15) is 12.7 Å². The second kappa shape index (κ2) is 8.87. The highest BCUT2D eigenvalue weighted by molar-refractivity contribution is 7.87. The zero-order valence-electron chi connectivity index (χ0n) is 17.2. The first kappa shape index (κ1) is 22.1. The predicted octanol–water partition coefficient (Wildman–Crippen LogP) is 2.76. The molecule has 0 aliphatic rings. The lowest BCUT2D eigenvalue weighted by Crippen LogP contribution is -2.39. The Labute approximate surface area is 168 Å². The van der Waals surface area contributed by atoms with E-state index in [0.29, 0.717) is 12.2 Å². The maximum absolute atomic E-state index is 12.6. The zero-order chi connectivity index (χ0) is 20.9. The summed E-state index contributed by atoms with van der Waals surface area (Å²) in [6.45, 7) is 5.48. The van der Waals surface area contributed by atoms with Crippen molar-refractivity contribution in [2.45, 2.75) is 46.1 Å². The van der Waals surface area contributed by atoms with Crippen molar-refractivity contribution in [1.29, 1.82) is 0 Å². The molecule has 154 valence electrons. The molecular formula is C20H30N4O3S. The van der Waals surface area contributed by atoms with E-state index in [9.17, 15) is 13.2 Å². The molecule has 1 aromatic heterocycles. The molecule has 1 atom stereocenters. The Bertz CT molecular complexity index is 884. The zero-order valence-corrected chi connectivity index (χ0v) is 18.0. The van der Waals surface area contributed by atoms with Crippen LogP contribution in [0.25, 0.3) is 0 Å². The van der Waals surface area contributed by atoms with E-state index in [1.54, 1.807) is 0 Å². The number of imidazole rings is 1. The molecule has 0 saturated carbocycles. The Morgan fingerprint density at radius 1 is 1.21 bits per heavy atom. The molecule has 0 radical (unpaired) electrons. The highest BCUT2D eigenvalue weighted by Gasteiger charge is 2.29. The number of hydrogen-bond donors (Lipinski definition) is 1. The van der Waals surface area contributed by atoms with Gasteiger partial charge in [-0.15, -0.1) is 0 Å². The van der Waals surface area contributed by atoms with Gasteiger partial charge < -0.3 is 5.32 Å². The quantitative estimate of drug-likeness (QED) is 0.731. The summed E-state index contributed by atoms with van der Waals surface area (Å²) in [4.78, 5) is 16.9. The molecule has 0 saturated heterocycles. The number of aryl methyl sites for hydroxylation is 1. The Hall–Kier alpha value is -2.19. The number of nitrogens with one attached hydrogen (secondary N) is 1. The van der Waals surface area contributed by atoms with Crippen LogP contribution >= 0.6 is 0 Å². The third-order valence-corrected chi connectivity index (χ3v) is 6.17. The lowest BCUT2D eigenvalue weighted by molar-refractivity contribution is -0.129. The molecule has 0 bridgehead atoms. The fourth-order valence-corrected chi connectivity index (χ4v) is 3.68. The first-order chi connectivity index (χ1) is 13.0. The van der Waals surface area contributed by atoms with E-state index in [4.69, 9.17) is 0 Å². The topological polar surface area (TPSA) is 84.3 Å². The van der Waals surface area contributed by atoms with Gasteiger partial charge in [0.15, 0.2) is 0 Å². The molecular weight excluding hydrogens is 376 g/mol. The number of carbonyl (C=O) groups excluding carboxylic acids is 1. The molecule has 1 aromatic carbocycles. The van der Waals surface area contributed by atoms with Crippen molar-refractivity contribution >= 4 is 16.1 Å². The van der Waals surface area contributed by atoms with Crippen molar-refractivity contribution in [1.82, 2.24) is 18.6 Å². The largest absolute Gasteiger partial charge is 0.346 e. The van der Waals surface area contributed by atoms with Crippen LogP contribution in [-0.4, -0.2) is 41.7 Å². The van der Waals surface area contributed by atoms with Gasteiger partial charge in [0.05, 0.1) is 6.04 Å². The third kappa shape index (κ3) is 5.42. The summed E-state index contributed by atoms with van der Waals surface area (Å²) in [5.74, 6) is 0.174. The summed E-state index contributed by atoms with van der Waals surface area (Å²) in [5, 5.41) is 2.99. The van der Waals surface area contributed by atoms with Crippen LogP contribution in [0.2, 0.25) is 0 Å². The van der Waals surface area contributed by atoms with Gasteiger partial charge in [0.1, 0.15) is 5.82 Å². The molecule has 0 aliphatic heterocycles. The van der Waals surface area contributed by atoms with E-state index < -0.39 is 21.7 Å². The second-order valence-corrected chi connectivity index (χ2v) is 10.0. The molecule has 0 aliphatic carbocycles. The van der Waals surface area contributed by atoms with E-state index >= 15 is 0 Å². The number of rotatable bonds is 8. The van der Waals surface area contributed by atoms with Crippen molar-refractivity contribution < 1.29 is 13.2 Å². The van der Waals surface area contributed by atoms with Gasteiger partial charge in [-0.3, -0.25) is 4.79 Å². The number of benzene rings is 1. The molecule has 0 spiro atoms. The molecule has 2 rings (SSSR count). The number of hydrogen-bond acceptors (Lipinski definition) is 4. The normalized spacial score (nSPS) is 13.5. The summed E-state index contributed by atoms with van der Waals surface area (Å²) >= 11 is 0. The van der Waals surface area contributed by atoms with Gasteiger partial charge in [-0.1, -0.05) is 51.1 Å². The minimum Gasteiger partial charge on any atom is -0.346 e. The summed E-state index contributed by atoms with van der Waals surface area (Å²) in [6.07, 6.45) is 5.07. The average Bonchev–Trinajstić information content (AvgIpc) is 3.11. The molecule has 1 unspecified atom stereocenters. The maximum Gasteiger partial charge on any atom is 0.308 e. The van der Waals surface area contributed by atoms with Crippen molar-refractivity contribution in [2.75, 3.05) is 14.1 Å². The van der Waals surface area contributed by atoms with Crippen LogP contribution in [0, 0.1) is 5.41 Å². The van der Waals surface area contributed by atoms with Crippen molar-refractivity contribution in [3.8, 4) is 0 Å². The summed E-state index contributed by atoms with van der Waals surface area (Å²) in [5.41, 5.74) is 0.614. The molecule has 0 fully saturated rings. The maximum atomic E-state index is 12.6. The first-order valence-electron chi connectivity index (χ1n) is 9.34. The van der Waals surface area contributed by atoms with E-state index in [-0.39, 0.29) is 5.91 Å². The number of aromatic nitrogens is 2. The summed E-state index contributed by atoms with van der Waals surface area (Å²) in [6, 6.07) is 9.56. The summed E-state index contributed by atoms with van der Waals surface area (Å²) in [7, 11) is -0.782. The lowest BCUT2D eigenvalue weighted by atomic mass is 9.94. The molecule has 1 N–H and O–H groups in total. The van der Waals surface area contributed by atoms with Gasteiger partial charge in [0.2, 0.25) is 5.91 Å². The van der Waals surface area contributed by atoms with Gasteiger partial charge in [0.25, 0.3) is 0 Å². The van der Waals surface area contributed by atoms with Gasteiger partial charge in [-0.25, -0.2) is 8.96 Å². The Morgan fingerprint density at radius 2 is 1.86 bits per heavy atom. The van der Waals surface area contributed by atoms with Crippen LogP contribution in [-0.2, 0) is 21.4 Å². The van der Waals surface area contributed by atoms with Crippen molar-refractivity contribution in [3.63, 3.8) is 0 Å². The molecule has 1 heterocycles. The molecule has 28 heavy (non-hydrogen) atoms. The summed E-state index contributed by atoms with van der Waals surface area (Å²) < 4.78 is 27.5. The van der Waals surface area contributed by atoms with Crippen LogP contribution in [0.3, 0.4) is 0 Å². The number of amides is 1. The van der Waals surface area contributed by atoms with Crippen LogP contribution in [0.15, 0.2) is 42.7 Å².